The van der Waals surface area contributed by atoms with Crippen LogP contribution in [0.15, 0.2) is 48.8 Å². The van der Waals surface area contributed by atoms with Crippen molar-refractivity contribution in [2.24, 2.45) is 5.92 Å². The standard InChI is InChI=1S/C23H27N5O/c1-23(2,29)17-5-7-18(8-6-17)26-21-9-10-22-25-14-20(28(22)27-21)16-4-3-15-11-12-24-19(15)13-16/h3-4,9-14,17-18,24,29H,5-8H2,1-2H3,(H,26,27). The van der Waals surface area contributed by atoms with Gasteiger partial charge in [-0.2, -0.15) is 0 Å². The van der Waals surface area contributed by atoms with E-state index < -0.39 is 5.60 Å². The molecular formula is C23H27N5O. The van der Waals surface area contributed by atoms with Gasteiger partial charge in [0.15, 0.2) is 5.65 Å². The van der Waals surface area contributed by atoms with Crippen molar-refractivity contribution in [3.05, 3.63) is 48.8 Å². The second-order valence-electron chi connectivity index (χ2n) is 8.76. The van der Waals surface area contributed by atoms with Crippen LogP contribution in [-0.4, -0.2) is 36.3 Å². The van der Waals surface area contributed by atoms with Crippen LogP contribution < -0.4 is 5.32 Å². The van der Waals surface area contributed by atoms with E-state index in [1.54, 1.807) is 0 Å². The van der Waals surface area contributed by atoms with E-state index in [4.69, 9.17) is 5.10 Å². The third kappa shape index (κ3) is 3.49. The Morgan fingerprint density at radius 1 is 1.10 bits per heavy atom. The highest BCUT2D eigenvalue weighted by molar-refractivity contribution is 5.84. The van der Waals surface area contributed by atoms with Crippen molar-refractivity contribution in [1.82, 2.24) is 19.6 Å². The molecule has 3 aromatic heterocycles. The van der Waals surface area contributed by atoms with Gasteiger partial charge in [-0.15, -0.1) is 5.10 Å². The molecule has 150 valence electrons. The largest absolute Gasteiger partial charge is 0.390 e. The Labute approximate surface area is 170 Å². The lowest BCUT2D eigenvalue weighted by molar-refractivity contribution is -0.000405. The first kappa shape index (κ1) is 18.2. The number of H-pyrrole nitrogens is 1. The van der Waals surface area contributed by atoms with E-state index in [2.05, 4.69) is 39.6 Å². The van der Waals surface area contributed by atoms with Gasteiger partial charge < -0.3 is 15.4 Å². The van der Waals surface area contributed by atoms with Gasteiger partial charge in [-0.05, 0) is 75.1 Å². The molecule has 0 atom stereocenters. The maximum atomic E-state index is 10.3. The minimum absolute atomic E-state index is 0.374. The van der Waals surface area contributed by atoms with E-state index in [-0.39, 0.29) is 0 Å². The number of aromatic amines is 1. The fourth-order valence-electron chi connectivity index (χ4n) is 4.51. The van der Waals surface area contributed by atoms with Gasteiger partial charge in [-0.3, -0.25) is 0 Å². The Morgan fingerprint density at radius 2 is 1.93 bits per heavy atom. The number of hydrogen-bond acceptors (Lipinski definition) is 4. The van der Waals surface area contributed by atoms with Gasteiger partial charge in [0, 0.05) is 23.3 Å². The molecule has 1 aromatic carbocycles. The summed E-state index contributed by atoms with van der Waals surface area (Å²) in [5, 5.41) is 19.9. The van der Waals surface area contributed by atoms with Crippen LogP contribution in [0.1, 0.15) is 39.5 Å². The van der Waals surface area contributed by atoms with Crippen molar-refractivity contribution in [1.29, 1.82) is 0 Å². The number of nitrogens with one attached hydrogen (secondary N) is 2. The van der Waals surface area contributed by atoms with E-state index in [0.717, 1.165) is 53.9 Å². The summed E-state index contributed by atoms with van der Waals surface area (Å²) < 4.78 is 1.91. The highest BCUT2D eigenvalue weighted by atomic mass is 16.3. The summed E-state index contributed by atoms with van der Waals surface area (Å²) in [6.45, 7) is 3.85. The zero-order valence-electron chi connectivity index (χ0n) is 16.9. The zero-order valence-corrected chi connectivity index (χ0v) is 16.9. The molecule has 0 bridgehead atoms. The minimum Gasteiger partial charge on any atom is -0.390 e. The summed E-state index contributed by atoms with van der Waals surface area (Å²) in [4.78, 5) is 7.79. The van der Waals surface area contributed by atoms with E-state index in [9.17, 15) is 5.11 Å². The summed E-state index contributed by atoms with van der Waals surface area (Å²) >= 11 is 0. The molecule has 1 aliphatic rings. The lowest BCUT2D eigenvalue weighted by Gasteiger charge is -2.36. The van der Waals surface area contributed by atoms with E-state index in [0.29, 0.717) is 12.0 Å². The quantitative estimate of drug-likeness (QED) is 0.476. The third-order valence-corrected chi connectivity index (χ3v) is 6.29. The highest BCUT2D eigenvalue weighted by Gasteiger charge is 2.31. The van der Waals surface area contributed by atoms with Crippen molar-refractivity contribution < 1.29 is 5.11 Å². The molecule has 0 amide bonds. The topological polar surface area (TPSA) is 78.2 Å². The average molecular weight is 390 g/mol. The summed E-state index contributed by atoms with van der Waals surface area (Å²) in [7, 11) is 0. The number of aromatic nitrogens is 4. The SMILES string of the molecule is CC(C)(O)C1CCC(Nc2ccc3ncc(-c4ccc5cc[nH]c5c4)n3n2)CC1. The van der Waals surface area contributed by atoms with Crippen LogP contribution in [0.4, 0.5) is 5.82 Å². The first-order valence-corrected chi connectivity index (χ1v) is 10.4. The molecule has 0 radical (unpaired) electrons. The number of hydrogen-bond donors (Lipinski definition) is 3. The maximum absolute atomic E-state index is 10.3. The van der Waals surface area contributed by atoms with E-state index >= 15 is 0 Å². The van der Waals surface area contributed by atoms with Crippen LogP contribution in [-0.2, 0) is 0 Å². The van der Waals surface area contributed by atoms with E-state index in [1.807, 2.05) is 42.9 Å². The summed E-state index contributed by atoms with van der Waals surface area (Å²) in [5.74, 6) is 1.24. The molecule has 1 fully saturated rings. The molecule has 0 aliphatic heterocycles. The van der Waals surface area contributed by atoms with Gasteiger partial charge >= 0.3 is 0 Å². The Kier molecular flexibility index (Phi) is 4.32. The number of anilines is 1. The van der Waals surface area contributed by atoms with Crippen LogP contribution in [0.5, 0.6) is 0 Å². The molecule has 5 rings (SSSR count). The molecule has 3 N–H and O–H groups in total. The molecule has 4 aromatic rings. The third-order valence-electron chi connectivity index (χ3n) is 6.29. The van der Waals surface area contributed by atoms with Gasteiger partial charge in [0.2, 0.25) is 0 Å². The average Bonchev–Trinajstić information content (AvgIpc) is 3.33. The normalized spacial score (nSPS) is 20.4. The van der Waals surface area contributed by atoms with Crippen LogP contribution in [0, 0.1) is 5.92 Å². The zero-order chi connectivity index (χ0) is 20.0. The van der Waals surface area contributed by atoms with Gasteiger partial charge in [0.1, 0.15) is 5.82 Å². The Balaban J connectivity index is 1.38. The molecule has 1 saturated carbocycles. The minimum atomic E-state index is -0.589. The summed E-state index contributed by atoms with van der Waals surface area (Å²) in [6, 6.07) is 12.8. The molecule has 0 saturated heterocycles. The number of benzene rings is 1. The first-order chi connectivity index (χ1) is 14.0. The summed E-state index contributed by atoms with van der Waals surface area (Å²) in [5.41, 5.74) is 3.42. The fourth-order valence-corrected chi connectivity index (χ4v) is 4.51. The lowest BCUT2D eigenvalue weighted by atomic mass is 9.77. The monoisotopic (exact) mass is 389 g/mol. The van der Waals surface area contributed by atoms with Crippen LogP contribution in [0.2, 0.25) is 0 Å². The molecule has 29 heavy (non-hydrogen) atoms. The molecule has 1 aliphatic carbocycles. The van der Waals surface area contributed by atoms with Crippen molar-refractivity contribution in [2.75, 3.05) is 5.32 Å². The van der Waals surface area contributed by atoms with Gasteiger partial charge in [0.25, 0.3) is 0 Å². The molecule has 3 heterocycles. The highest BCUT2D eigenvalue weighted by Crippen LogP contribution is 2.33. The first-order valence-electron chi connectivity index (χ1n) is 10.4. The smallest absolute Gasteiger partial charge is 0.154 e. The number of aliphatic hydroxyl groups is 1. The van der Waals surface area contributed by atoms with Crippen LogP contribution >= 0.6 is 0 Å². The Morgan fingerprint density at radius 3 is 2.72 bits per heavy atom. The maximum Gasteiger partial charge on any atom is 0.154 e. The van der Waals surface area contributed by atoms with Gasteiger partial charge in [-0.1, -0.05) is 12.1 Å². The lowest BCUT2D eigenvalue weighted by Crippen LogP contribution is -2.37. The Hall–Kier alpha value is -2.86. The second-order valence-corrected chi connectivity index (χ2v) is 8.76. The van der Waals surface area contributed by atoms with Crippen molar-refractivity contribution in [3.8, 4) is 11.3 Å². The van der Waals surface area contributed by atoms with Gasteiger partial charge in [0.05, 0.1) is 17.5 Å². The summed E-state index contributed by atoms with van der Waals surface area (Å²) in [6.07, 6.45) is 8.01. The molecule has 0 unspecified atom stereocenters. The number of fused-ring (bicyclic) bond motifs is 2. The molecule has 6 heteroatoms. The molecule has 0 spiro atoms. The predicted molar refractivity (Wildman–Crippen MR) is 116 cm³/mol. The van der Waals surface area contributed by atoms with Gasteiger partial charge in [-0.25, -0.2) is 9.50 Å². The van der Waals surface area contributed by atoms with Crippen molar-refractivity contribution in [3.63, 3.8) is 0 Å². The number of rotatable bonds is 4. The fraction of sp³-hybridized carbons (Fsp3) is 0.391. The molecule has 6 nitrogen and oxygen atoms in total. The van der Waals surface area contributed by atoms with Crippen LogP contribution in [0.25, 0.3) is 27.8 Å². The van der Waals surface area contributed by atoms with Crippen LogP contribution in [0.3, 0.4) is 0 Å². The predicted octanol–water partition coefficient (Wildman–Crippen LogP) is 4.62. The van der Waals surface area contributed by atoms with Crippen molar-refractivity contribution in [2.45, 2.75) is 51.2 Å². The Bertz CT molecular complexity index is 1140. The van der Waals surface area contributed by atoms with Crippen molar-refractivity contribution >= 4 is 22.4 Å². The second kappa shape index (κ2) is 6.88. The number of imidazole rings is 1. The number of nitrogens with zero attached hydrogens (tertiary/aromatic N) is 3. The molecular weight excluding hydrogens is 362 g/mol. The van der Waals surface area contributed by atoms with E-state index in [1.165, 1.54) is 5.39 Å².